The van der Waals surface area contributed by atoms with Gasteiger partial charge in [-0.05, 0) is 25.2 Å². The summed E-state index contributed by atoms with van der Waals surface area (Å²) in [6.45, 7) is 0.736. The first-order chi connectivity index (χ1) is 6.29. The quantitative estimate of drug-likeness (QED) is 0.368. The molecule has 1 amide bonds. The Bertz CT molecular complexity index is 192. The van der Waals surface area contributed by atoms with Crippen LogP contribution < -0.4 is 11.2 Å². The van der Waals surface area contributed by atoms with E-state index < -0.39 is 5.91 Å². The molecule has 1 aliphatic rings. The smallest absolute Gasteiger partial charge is 0.245 e. The molecular formula is C9H16N2O2. The van der Waals surface area contributed by atoms with Gasteiger partial charge in [0.15, 0.2) is 0 Å². The molecule has 0 spiro atoms. The molecule has 13 heavy (non-hydrogen) atoms. The van der Waals surface area contributed by atoms with Gasteiger partial charge in [0.1, 0.15) is 6.61 Å². The average molecular weight is 184 g/mol. The second kappa shape index (κ2) is 5.72. The fourth-order valence-corrected chi connectivity index (χ4v) is 1.34. The maximum atomic E-state index is 10.3. The van der Waals surface area contributed by atoms with E-state index in [1.165, 1.54) is 6.42 Å². The van der Waals surface area contributed by atoms with Crippen LogP contribution in [0.25, 0.3) is 0 Å². The Hall–Kier alpha value is -0.870. The monoisotopic (exact) mass is 184 g/mol. The van der Waals surface area contributed by atoms with E-state index in [2.05, 4.69) is 17.6 Å². The molecule has 1 rings (SSSR count). The van der Waals surface area contributed by atoms with Crippen molar-refractivity contribution in [1.29, 1.82) is 0 Å². The second-order valence-corrected chi connectivity index (χ2v) is 3.25. The first-order valence-electron chi connectivity index (χ1n) is 4.57. The van der Waals surface area contributed by atoms with Crippen molar-refractivity contribution in [2.75, 3.05) is 13.2 Å². The van der Waals surface area contributed by atoms with Gasteiger partial charge in [-0.1, -0.05) is 12.2 Å². The molecule has 4 heteroatoms. The van der Waals surface area contributed by atoms with Crippen LogP contribution in [0.15, 0.2) is 12.2 Å². The summed E-state index contributed by atoms with van der Waals surface area (Å²) in [5, 5.41) is 0. The molecule has 0 radical (unpaired) electrons. The normalized spacial score (nSPS) is 21.7. The number of hydroxylamine groups is 1. The van der Waals surface area contributed by atoms with Crippen molar-refractivity contribution in [3.63, 3.8) is 0 Å². The molecule has 0 saturated carbocycles. The standard InChI is InChI=1S/C9H16N2O2/c10-9(12)7-13-11-6-8-4-2-1-3-5-8/h1-2,8,11H,3-7H2,(H2,10,12). The summed E-state index contributed by atoms with van der Waals surface area (Å²) in [4.78, 5) is 15.1. The summed E-state index contributed by atoms with van der Waals surface area (Å²) >= 11 is 0. The Labute approximate surface area is 78.1 Å². The number of amides is 1. The van der Waals surface area contributed by atoms with E-state index in [0.29, 0.717) is 5.92 Å². The topological polar surface area (TPSA) is 64.4 Å². The third-order valence-corrected chi connectivity index (χ3v) is 2.07. The molecule has 3 N–H and O–H groups in total. The zero-order valence-electron chi connectivity index (χ0n) is 7.66. The number of hydrogen-bond donors (Lipinski definition) is 2. The van der Waals surface area contributed by atoms with Crippen molar-refractivity contribution >= 4 is 5.91 Å². The maximum absolute atomic E-state index is 10.3. The Morgan fingerprint density at radius 2 is 2.46 bits per heavy atom. The minimum atomic E-state index is -0.448. The van der Waals surface area contributed by atoms with Crippen molar-refractivity contribution in [2.45, 2.75) is 19.3 Å². The van der Waals surface area contributed by atoms with Crippen LogP contribution in [0, 0.1) is 5.92 Å². The van der Waals surface area contributed by atoms with Gasteiger partial charge in [0.2, 0.25) is 5.91 Å². The molecule has 0 aromatic rings. The van der Waals surface area contributed by atoms with Crippen LogP contribution in [0.3, 0.4) is 0 Å². The summed E-state index contributed by atoms with van der Waals surface area (Å²) in [5.74, 6) is 0.175. The molecule has 0 bridgehead atoms. The first-order valence-corrected chi connectivity index (χ1v) is 4.57. The van der Waals surface area contributed by atoms with Gasteiger partial charge in [-0.25, -0.2) is 5.48 Å². The fraction of sp³-hybridized carbons (Fsp3) is 0.667. The molecule has 1 aliphatic carbocycles. The van der Waals surface area contributed by atoms with Gasteiger partial charge in [0.05, 0.1) is 0 Å². The molecule has 0 heterocycles. The van der Waals surface area contributed by atoms with Gasteiger partial charge in [-0.3, -0.25) is 9.63 Å². The number of allylic oxidation sites excluding steroid dienone is 2. The number of nitrogens with one attached hydrogen (secondary N) is 1. The van der Waals surface area contributed by atoms with Crippen molar-refractivity contribution < 1.29 is 9.63 Å². The molecule has 1 unspecified atom stereocenters. The zero-order chi connectivity index (χ0) is 9.52. The highest BCUT2D eigenvalue weighted by atomic mass is 16.6. The predicted molar refractivity (Wildman–Crippen MR) is 49.6 cm³/mol. The third-order valence-electron chi connectivity index (χ3n) is 2.07. The highest BCUT2D eigenvalue weighted by Gasteiger charge is 2.08. The van der Waals surface area contributed by atoms with Crippen LogP contribution >= 0.6 is 0 Å². The lowest BCUT2D eigenvalue weighted by Crippen LogP contribution is -2.28. The Morgan fingerprint density at radius 1 is 1.62 bits per heavy atom. The summed E-state index contributed by atoms with van der Waals surface area (Å²) in [7, 11) is 0. The lowest BCUT2D eigenvalue weighted by molar-refractivity contribution is -0.125. The first kappa shape index (κ1) is 10.2. The molecule has 74 valence electrons. The number of primary amides is 1. The minimum absolute atomic E-state index is 0.0530. The van der Waals surface area contributed by atoms with Gasteiger partial charge in [0.25, 0.3) is 0 Å². The lowest BCUT2D eigenvalue weighted by Gasteiger charge is -2.17. The van der Waals surface area contributed by atoms with E-state index in [0.717, 1.165) is 19.4 Å². The lowest BCUT2D eigenvalue weighted by atomic mass is 9.95. The van der Waals surface area contributed by atoms with Crippen molar-refractivity contribution in [3.05, 3.63) is 12.2 Å². The van der Waals surface area contributed by atoms with Crippen molar-refractivity contribution in [2.24, 2.45) is 11.7 Å². The molecule has 0 aromatic carbocycles. The van der Waals surface area contributed by atoms with Gasteiger partial charge < -0.3 is 5.73 Å². The fourth-order valence-electron chi connectivity index (χ4n) is 1.34. The summed E-state index contributed by atoms with van der Waals surface area (Å²) in [6.07, 6.45) is 7.79. The summed E-state index contributed by atoms with van der Waals surface area (Å²) < 4.78 is 0. The zero-order valence-corrected chi connectivity index (χ0v) is 7.66. The number of rotatable bonds is 5. The molecule has 0 aromatic heterocycles. The largest absolute Gasteiger partial charge is 0.368 e. The number of carbonyl (C=O) groups excluding carboxylic acids is 1. The third kappa shape index (κ3) is 4.65. The van der Waals surface area contributed by atoms with E-state index in [4.69, 9.17) is 10.6 Å². The van der Waals surface area contributed by atoms with Gasteiger partial charge in [-0.15, -0.1) is 0 Å². The predicted octanol–water partition coefficient (Wildman–Crippen LogP) is 0.349. The molecule has 1 atom stereocenters. The highest BCUT2D eigenvalue weighted by Crippen LogP contribution is 2.16. The number of nitrogens with two attached hydrogens (primary N) is 1. The van der Waals surface area contributed by atoms with E-state index in [1.807, 2.05) is 0 Å². The second-order valence-electron chi connectivity index (χ2n) is 3.25. The Morgan fingerprint density at radius 3 is 3.08 bits per heavy atom. The Kier molecular flexibility index (Phi) is 4.49. The highest BCUT2D eigenvalue weighted by molar-refractivity contribution is 5.74. The van der Waals surface area contributed by atoms with E-state index in [1.54, 1.807) is 0 Å². The molecule has 0 saturated heterocycles. The van der Waals surface area contributed by atoms with Crippen LogP contribution in [-0.2, 0) is 9.63 Å². The summed E-state index contributed by atoms with van der Waals surface area (Å²) in [5.41, 5.74) is 7.65. The van der Waals surface area contributed by atoms with Crippen molar-refractivity contribution in [3.8, 4) is 0 Å². The van der Waals surface area contributed by atoms with Crippen LogP contribution in [0.4, 0.5) is 0 Å². The van der Waals surface area contributed by atoms with E-state index in [-0.39, 0.29) is 6.61 Å². The van der Waals surface area contributed by atoms with Crippen LogP contribution in [-0.4, -0.2) is 19.1 Å². The van der Waals surface area contributed by atoms with E-state index in [9.17, 15) is 4.79 Å². The van der Waals surface area contributed by atoms with Gasteiger partial charge in [-0.2, -0.15) is 0 Å². The summed E-state index contributed by atoms with van der Waals surface area (Å²) in [6, 6.07) is 0. The molecule has 0 aliphatic heterocycles. The van der Waals surface area contributed by atoms with Gasteiger partial charge in [0, 0.05) is 6.54 Å². The van der Waals surface area contributed by atoms with Crippen LogP contribution in [0.1, 0.15) is 19.3 Å². The minimum Gasteiger partial charge on any atom is -0.368 e. The van der Waals surface area contributed by atoms with Gasteiger partial charge >= 0.3 is 0 Å². The molecule has 4 nitrogen and oxygen atoms in total. The van der Waals surface area contributed by atoms with E-state index >= 15 is 0 Å². The average Bonchev–Trinajstić information content (AvgIpc) is 2.14. The SMILES string of the molecule is NC(=O)CONCC1CC=CCC1. The van der Waals surface area contributed by atoms with Crippen LogP contribution in [0.2, 0.25) is 0 Å². The number of hydrogen-bond acceptors (Lipinski definition) is 3. The molecular weight excluding hydrogens is 168 g/mol. The maximum Gasteiger partial charge on any atom is 0.245 e. The molecule has 0 fully saturated rings. The van der Waals surface area contributed by atoms with Crippen LogP contribution in [0.5, 0.6) is 0 Å². The van der Waals surface area contributed by atoms with Crippen molar-refractivity contribution in [1.82, 2.24) is 5.48 Å². The number of carbonyl (C=O) groups is 1. The Balaban J connectivity index is 1.99.